The van der Waals surface area contributed by atoms with E-state index in [1.54, 1.807) is 7.11 Å². The second-order valence-corrected chi connectivity index (χ2v) is 6.34. The van der Waals surface area contributed by atoms with Crippen molar-refractivity contribution in [2.75, 3.05) is 39.9 Å². The summed E-state index contributed by atoms with van der Waals surface area (Å²) in [6.07, 6.45) is 6.35. The summed E-state index contributed by atoms with van der Waals surface area (Å²) >= 11 is 3.48. The van der Waals surface area contributed by atoms with Gasteiger partial charge >= 0.3 is 0 Å². The molecule has 0 aromatic carbocycles. The maximum Gasteiger partial charge on any atom is 0.0587 e. The van der Waals surface area contributed by atoms with Gasteiger partial charge in [-0.05, 0) is 66.0 Å². The minimum Gasteiger partial charge on any atom is -0.383 e. The summed E-state index contributed by atoms with van der Waals surface area (Å²) in [4.78, 5) is 6.75. The van der Waals surface area contributed by atoms with E-state index in [9.17, 15) is 0 Å². The van der Waals surface area contributed by atoms with Crippen LogP contribution in [-0.4, -0.2) is 49.8 Å². The molecule has 0 saturated carbocycles. The molecule has 2 rings (SSSR count). The number of nitrogens with one attached hydrogen (secondary N) is 1. The zero-order valence-electron chi connectivity index (χ0n) is 12.1. The number of aromatic nitrogens is 1. The quantitative estimate of drug-likeness (QED) is 0.772. The number of hydrogen-bond donors (Lipinski definition) is 1. The highest BCUT2D eigenvalue weighted by molar-refractivity contribution is 9.10. The molecule has 1 N–H and O–H groups in total. The Kier molecular flexibility index (Phi) is 6.93. The summed E-state index contributed by atoms with van der Waals surface area (Å²) in [7, 11) is 1.75. The van der Waals surface area contributed by atoms with Crippen molar-refractivity contribution in [2.24, 2.45) is 5.92 Å². The molecule has 112 valence electrons. The molecule has 0 unspecified atom stereocenters. The average Bonchev–Trinajstić information content (AvgIpc) is 2.45. The van der Waals surface area contributed by atoms with E-state index in [0.717, 1.165) is 36.6 Å². The van der Waals surface area contributed by atoms with Crippen molar-refractivity contribution in [3.05, 3.63) is 28.5 Å². The molecule has 4 nitrogen and oxygen atoms in total. The molecule has 0 bridgehead atoms. The van der Waals surface area contributed by atoms with Crippen LogP contribution in [-0.2, 0) is 11.3 Å². The van der Waals surface area contributed by atoms with E-state index in [1.807, 2.05) is 12.4 Å². The largest absolute Gasteiger partial charge is 0.383 e. The smallest absolute Gasteiger partial charge is 0.0587 e. The van der Waals surface area contributed by atoms with Crippen molar-refractivity contribution in [1.82, 2.24) is 15.2 Å². The lowest BCUT2D eigenvalue weighted by atomic mass is 9.96. The van der Waals surface area contributed by atoms with E-state index >= 15 is 0 Å². The topological polar surface area (TPSA) is 37.4 Å². The van der Waals surface area contributed by atoms with E-state index in [0.29, 0.717) is 0 Å². The first-order valence-corrected chi connectivity index (χ1v) is 8.08. The Morgan fingerprint density at radius 3 is 2.90 bits per heavy atom. The number of pyridine rings is 1. The zero-order valence-corrected chi connectivity index (χ0v) is 13.7. The second-order valence-electron chi connectivity index (χ2n) is 5.43. The standard InChI is InChI=1S/C15H24BrN3O/c1-20-7-4-17-9-13-2-5-19(6-3-13)12-14-8-15(16)11-18-10-14/h8,10-11,13,17H,2-7,9,12H2,1H3. The van der Waals surface area contributed by atoms with Crippen LogP contribution in [0.15, 0.2) is 22.9 Å². The van der Waals surface area contributed by atoms with Crippen LogP contribution in [0.5, 0.6) is 0 Å². The number of nitrogens with zero attached hydrogens (tertiary/aromatic N) is 2. The number of methoxy groups -OCH3 is 1. The van der Waals surface area contributed by atoms with Crippen LogP contribution in [0.4, 0.5) is 0 Å². The maximum atomic E-state index is 5.04. The van der Waals surface area contributed by atoms with Crippen molar-refractivity contribution in [1.29, 1.82) is 0 Å². The molecule has 1 fully saturated rings. The number of rotatable bonds is 7. The Labute approximate surface area is 130 Å². The number of hydrogen-bond acceptors (Lipinski definition) is 4. The van der Waals surface area contributed by atoms with E-state index in [-0.39, 0.29) is 0 Å². The Hall–Kier alpha value is -0.490. The van der Waals surface area contributed by atoms with Crippen LogP contribution in [0.2, 0.25) is 0 Å². The van der Waals surface area contributed by atoms with Gasteiger partial charge in [-0.25, -0.2) is 0 Å². The first kappa shape index (κ1) is 15.9. The van der Waals surface area contributed by atoms with Gasteiger partial charge in [-0.1, -0.05) is 0 Å². The normalized spacial score (nSPS) is 17.5. The summed E-state index contributed by atoms with van der Waals surface area (Å²) in [6.45, 7) is 6.26. The highest BCUT2D eigenvalue weighted by Gasteiger charge is 2.18. The third kappa shape index (κ3) is 5.48. The Bertz CT molecular complexity index is 394. The lowest BCUT2D eigenvalue weighted by molar-refractivity contribution is 0.168. The van der Waals surface area contributed by atoms with Gasteiger partial charge in [0.25, 0.3) is 0 Å². The highest BCUT2D eigenvalue weighted by Crippen LogP contribution is 2.19. The molecule has 20 heavy (non-hydrogen) atoms. The predicted molar refractivity (Wildman–Crippen MR) is 84.7 cm³/mol. The molecule has 1 aliphatic heterocycles. The van der Waals surface area contributed by atoms with Gasteiger partial charge in [0.05, 0.1) is 6.61 Å². The lowest BCUT2D eigenvalue weighted by Gasteiger charge is -2.32. The average molecular weight is 342 g/mol. The van der Waals surface area contributed by atoms with Gasteiger partial charge in [0.2, 0.25) is 0 Å². The predicted octanol–water partition coefficient (Wildman–Crippen LogP) is 2.29. The molecule has 0 aliphatic carbocycles. The monoisotopic (exact) mass is 341 g/mol. The molecule has 1 aliphatic rings. The summed E-state index contributed by atoms with van der Waals surface area (Å²) in [5.41, 5.74) is 1.29. The molecule has 1 aromatic heterocycles. The maximum absolute atomic E-state index is 5.04. The molecule has 0 spiro atoms. The van der Waals surface area contributed by atoms with Gasteiger partial charge in [-0.15, -0.1) is 0 Å². The fourth-order valence-electron chi connectivity index (χ4n) is 2.63. The van der Waals surface area contributed by atoms with Crippen LogP contribution in [0, 0.1) is 5.92 Å². The minimum atomic E-state index is 0.800. The van der Waals surface area contributed by atoms with Crippen LogP contribution in [0.25, 0.3) is 0 Å². The number of likely N-dealkylation sites (tertiary alicyclic amines) is 1. The molecular weight excluding hydrogens is 318 g/mol. The van der Waals surface area contributed by atoms with Crippen molar-refractivity contribution >= 4 is 15.9 Å². The van der Waals surface area contributed by atoms with Crippen LogP contribution >= 0.6 is 15.9 Å². The van der Waals surface area contributed by atoms with Gasteiger partial charge in [-0.3, -0.25) is 9.88 Å². The van der Waals surface area contributed by atoms with Crippen molar-refractivity contribution < 1.29 is 4.74 Å². The van der Waals surface area contributed by atoms with E-state index < -0.39 is 0 Å². The third-order valence-electron chi connectivity index (χ3n) is 3.79. The van der Waals surface area contributed by atoms with E-state index in [1.165, 1.54) is 31.5 Å². The first-order valence-electron chi connectivity index (χ1n) is 7.29. The van der Waals surface area contributed by atoms with Gasteiger partial charge < -0.3 is 10.1 Å². The van der Waals surface area contributed by atoms with Gasteiger partial charge in [0.1, 0.15) is 0 Å². The lowest BCUT2D eigenvalue weighted by Crippen LogP contribution is -2.37. The van der Waals surface area contributed by atoms with Crippen molar-refractivity contribution in [3.8, 4) is 0 Å². The summed E-state index contributed by atoms with van der Waals surface area (Å²) in [5, 5.41) is 3.47. The molecule has 1 aromatic rings. The second kappa shape index (κ2) is 8.72. The van der Waals surface area contributed by atoms with Crippen LogP contribution < -0.4 is 5.32 Å². The molecule has 2 heterocycles. The number of ether oxygens (including phenoxy) is 1. The summed E-state index contributed by atoms with van der Waals surface area (Å²) in [6, 6.07) is 2.16. The highest BCUT2D eigenvalue weighted by atomic mass is 79.9. The van der Waals surface area contributed by atoms with Gasteiger partial charge in [-0.2, -0.15) is 0 Å². The summed E-state index contributed by atoms with van der Waals surface area (Å²) < 4.78 is 6.11. The first-order chi connectivity index (χ1) is 9.78. The SMILES string of the molecule is COCCNCC1CCN(Cc2cncc(Br)c2)CC1. The Morgan fingerprint density at radius 1 is 1.40 bits per heavy atom. The molecule has 0 amide bonds. The zero-order chi connectivity index (χ0) is 14.2. The summed E-state index contributed by atoms with van der Waals surface area (Å²) in [5.74, 6) is 0.809. The van der Waals surface area contributed by atoms with Crippen molar-refractivity contribution in [3.63, 3.8) is 0 Å². The minimum absolute atomic E-state index is 0.800. The fourth-order valence-corrected chi connectivity index (χ4v) is 3.04. The van der Waals surface area contributed by atoms with E-state index in [2.05, 4.69) is 37.2 Å². The molecule has 1 saturated heterocycles. The van der Waals surface area contributed by atoms with E-state index in [4.69, 9.17) is 4.74 Å². The fraction of sp³-hybridized carbons (Fsp3) is 0.667. The van der Waals surface area contributed by atoms with Gasteiger partial charge in [0.15, 0.2) is 0 Å². The third-order valence-corrected chi connectivity index (χ3v) is 4.22. The molecular formula is C15H24BrN3O. The number of halogens is 1. The number of piperidine rings is 1. The van der Waals surface area contributed by atoms with Gasteiger partial charge in [0, 0.05) is 37.1 Å². The Morgan fingerprint density at radius 2 is 2.20 bits per heavy atom. The molecule has 0 radical (unpaired) electrons. The van der Waals surface area contributed by atoms with Crippen molar-refractivity contribution in [2.45, 2.75) is 19.4 Å². The Balaban J connectivity index is 1.66. The van der Waals surface area contributed by atoms with Crippen LogP contribution in [0.1, 0.15) is 18.4 Å². The molecule has 0 atom stereocenters. The van der Waals surface area contributed by atoms with Crippen LogP contribution in [0.3, 0.4) is 0 Å². The molecule has 5 heteroatoms.